The minimum atomic E-state index is -3.62. The first-order valence-electron chi connectivity index (χ1n) is 8.84. The van der Waals surface area contributed by atoms with Crippen LogP contribution in [0, 0.1) is 5.92 Å². The van der Waals surface area contributed by atoms with E-state index in [0.29, 0.717) is 18.8 Å². The van der Waals surface area contributed by atoms with Crippen molar-refractivity contribution in [3.05, 3.63) is 24.3 Å². The first-order valence-corrected chi connectivity index (χ1v) is 10.3. The van der Waals surface area contributed by atoms with Crippen molar-refractivity contribution in [3.8, 4) is 5.75 Å². The summed E-state index contributed by atoms with van der Waals surface area (Å²) in [6, 6.07) is 6.17. The highest BCUT2D eigenvalue weighted by atomic mass is 32.2. The Morgan fingerprint density at radius 2 is 1.89 bits per heavy atom. The Hall–Kier alpha value is -2.13. The molecule has 9 heteroatoms. The van der Waals surface area contributed by atoms with Crippen LogP contribution in [0.15, 0.2) is 29.2 Å². The van der Waals surface area contributed by atoms with Crippen molar-refractivity contribution >= 4 is 21.9 Å². The molecular formula is C18H26N2O6S. The molecule has 1 aliphatic heterocycles. The Bertz CT molecular complexity index is 748. The maximum Gasteiger partial charge on any atom is 0.306 e. The molecule has 150 valence electrons. The van der Waals surface area contributed by atoms with Crippen molar-refractivity contribution in [1.29, 1.82) is 0 Å². The summed E-state index contributed by atoms with van der Waals surface area (Å²) < 4.78 is 37.0. The molecule has 1 amide bonds. The topological polar surface area (TPSA) is 102 Å². The van der Waals surface area contributed by atoms with Gasteiger partial charge in [0, 0.05) is 26.1 Å². The summed E-state index contributed by atoms with van der Waals surface area (Å²) in [6.07, 6.45) is 1.81. The monoisotopic (exact) mass is 398 g/mol. The number of likely N-dealkylation sites (tertiary alicyclic amines) is 1. The van der Waals surface area contributed by atoms with Gasteiger partial charge in [-0.1, -0.05) is 0 Å². The molecule has 8 nitrogen and oxygen atoms in total. The number of hydrogen-bond donors (Lipinski definition) is 1. The fourth-order valence-electron chi connectivity index (χ4n) is 2.99. The highest BCUT2D eigenvalue weighted by molar-refractivity contribution is 7.89. The molecular weight excluding hydrogens is 372 g/mol. The number of sulfonamides is 1. The van der Waals surface area contributed by atoms with Gasteiger partial charge in [-0.15, -0.1) is 0 Å². The van der Waals surface area contributed by atoms with E-state index in [1.165, 1.54) is 26.4 Å². The molecule has 1 heterocycles. The normalized spacial score (nSPS) is 17.4. The molecule has 0 spiro atoms. The molecule has 1 N–H and O–H groups in total. The van der Waals surface area contributed by atoms with Crippen LogP contribution in [0.4, 0.5) is 0 Å². The third-order valence-corrected chi connectivity index (χ3v) is 6.01. The van der Waals surface area contributed by atoms with Gasteiger partial charge < -0.3 is 14.4 Å². The van der Waals surface area contributed by atoms with E-state index in [2.05, 4.69) is 9.46 Å². The second-order valence-electron chi connectivity index (χ2n) is 6.45. The summed E-state index contributed by atoms with van der Waals surface area (Å²) in [6.45, 7) is 1.36. The van der Waals surface area contributed by atoms with Crippen molar-refractivity contribution in [2.75, 3.05) is 33.9 Å². The van der Waals surface area contributed by atoms with Crippen LogP contribution in [0.2, 0.25) is 0 Å². The van der Waals surface area contributed by atoms with Gasteiger partial charge in [0.25, 0.3) is 0 Å². The molecule has 0 saturated carbocycles. The highest BCUT2D eigenvalue weighted by Crippen LogP contribution is 2.19. The van der Waals surface area contributed by atoms with E-state index in [-0.39, 0.29) is 36.1 Å². The lowest BCUT2D eigenvalue weighted by atomic mass is 9.98. The Balaban J connectivity index is 1.87. The molecule has 1 atom stereocenters. The first-order chi connectivity index (χ1) is 12.9. The van der Waals surface area contributed by atoms with E-state index in [0.717, 1.165) is 12.8 Å². The molecule has 0 unspecified atom stereocenters. The van der Waals surface area contributed by atoms with Crippen LogP contribution in [-0.4, -0.2) is 59.0 Å². The molecule has 1 aliphatic rings. The number of hydrogen-bond acceptors (Lipinski definition) is 6. The van der Waals surface area contributed by atoms with Crippen LogP contribution in [0.5, 0.6) is 5.75 Å². The van der Waals surface area contributed by atoms with Crippen molar-refractivity contribution in [2.45, 2.75) is 30.6 Å². The third-order valence-electron chi connectivity index (χ3n) is 4.57. The predicted octanol–water partition coefficient (Wildman–Crippen LogP) is 1.17. The van der Waals surface area contributed by atoms with Crippen LogP contribution in [0.1, 0.15) is 25.7 Å². The minimum Gasteiger partial charge on any atom is -0.497 e. The summed E-state index contributed by atoms with van der Waals surface area (Å²) >= 11 is 0. The number of carbonyl (C=O) groups excluding carboxylic acids is 2. The third kappa shape index (κ3) is 6.21. The molecule has 1 aromatic carbocycles. The van der Waals surface area contributed by atoms with Gasteiger partial charge in [0.2, 0.25) is 15.9 Å². The summed E-state index contributed by atoms with van der Waals surface area (Å²) in [5.74, 6) is 0.100. The molecule has 27 heavy (non-hydrogen) atoms. The number of rotatable bonds is 8. The summed E-state index contributed by atoms with van der Waals surface area (Å²) in [5, 5.41) is 0. The maximum absolute atomic E-state index is 12.4. The van der Waals surface area contributed by atoms with E-state index in [1.807, 2.05) is 0 Å². The zero-order valence-electron chi connectivity index (χ0n) is 15.6. The summed E-state index contributed by atoms with van der Waals surface area (Å²) in [5.41, 5.74) is 0. The summed E-state index contributed by atoms with van der Waals surface area (Å²) in [4.78, 5) is 25.3. The van der Waals surface area contributed by atoms with Gasteiger partial charge in [-0.2, -0.15) is 0 Å². The number of ether oxygens (including phenoxy) is 2. The lowest BCUT2D eigenvalue weighted by Crippen LogP contribution is -2.43. The second kappa shape index (κ2) is 9.70. The van der Waals surface area contributed by atoms with Crippen molar-refractivity contribution in [3.63, 3.8) is 0 Å². The molecule has 1 fully saturated rings. The van der Waals surface area contributed by atoms with Crippen molar-refractivity contribution < 1.29 is 27.5 Å². The van der Waals surface area contributed by atoms with Gasteiger partial charge >= 0.3 is 5.97 Å². The predicted molar refractivity (Wildman–Crippen MR) is 98.7 cm³/mol. The van der Waals surface area contributed by atoms with Gasteiger partial charge in [-0.25, -0.2) is 13.1 Å². The largest absolute Gasteiger partial charge is 0.497 e. The van der Waals surface area contributed by atoms with Gasteiger partial charge in [-0.3, -0.25) is 9.59 Å². The average Bonchev–Trinajstić information content (AvgIpc) is 2.70. The average molecular weight is 398 g/mol. The number of nitrogens with zero attached hydrogens (tertiary/aromatic N) is 1. The van der Waals surface area contributed by atoms with Crippen LogP contribution < -0.4 is 9.46 Å². The van der Waals surface area contributed by atoms with Crippen LogP contribution in [0.25, 0.3) is 0 Å². The molecule has 0 radical (unpaired) electrons. The minimum absolute atomic E-state index is 0.0360. The molecule has 1 aromatic rings. The standard InChI is InChI=1S/C18H26N2O6S/c1-25-15-5-7-16(8-6-15)27(23,24)19-12-14-4-3-11-20(13-14)17(21)9-10-18(22)26-2/h5-8,14,19H,3-4,9-13H2,1-2H3/t14-/m1/s1. The number of methoxy groups -OCH3 is 2. The zero-order chi connectivity index (χ0) is 19.9. The molecule has 0 aliphatic carbocycles. The fourth-order valence-corrected chi connectivity index (χ4v) is 4.11. The summed E-state index contributed by atoms with van der Waals surface area (Å²) in [7, 11) is -0.810. The van der Waals surface area contributed by atoms with Crippen LogP contribution in [0.3, 0.4) is 0 Å². The number of carbonyl (C=O) groups is 2. The van der Waals surface area contributed by atoms with E-state index in [4.69, 9.17) is 4.74 Å². The number of piperidine rings is 1. The molecule has 1 saturated heterocycles. The maximum atomic E-state index is 12.4. The number of benzene rings is 1. The number of amides is 1. The van der Waals surface area contributed by atoms with E-state index < -0.39 is 16.0 Å². The van der Waals surface area contributed by atoms with Gasteiger partial charge in [0.15, 0.2) is 0 Å². The lowest BCUT2D eigenvalue weighted by Gasteiger charge is -2.33. The van der Waals surface area contributed by atoms with E-state index >= 15 is 0 Å². The smallest absolute Gasteiger partial charge is 0.306 e. The quantitative estimate of drug-likeness (QED) is 0.660. The molecule has 0 aromatic heterocycles. The molecule has 2 rings (SSSR count). The Morgan fingerprint density at radius 3 is 2.52 bits per heavy atom. The van der Waals surface area contributed by atoms with E-state index in [9.17, 15) is 18.0 Å². The Labute approximate surface area is 159 Å². The SMILES string of the molecule is COC(=O)CCC(=O)N1CCC[C@H](CNS(=O)(=O)c2ccc(OC)cc2)C1. The van der Waals surface area contributed by atoms with Crippen LogP contribution in [-0.2, 0) is 24.3 Å². The Kier molecular flexibility index (Phi) is 7.61. The van der Waals surface area contributed by atoms with Gasteiger partial charge in [0.05, 0.1) is 25.5 Å². The van der Waals surface area contributed by atoms with Crippen molar-refractivity contribution in [1.82, 2.24) is 9.62 Å². The van der Waals surface area contributed by atoms with Gasteiger partial charge in [-0.05, 0) is 43.0 Å². The molecule has 0 bridgehead atoms. The fraction of sp³-hybridized carbons (Fsp3) is 0.556. The van der Waals surface area contributed by atoms with Gasteiger partial charge in [0.1, 0.15) is 5.75 Å². The Morgan fingerprint density at radius 1 is 1.19 bits per heavy atom. The highest BCUT2D eigenvalue weighted by Gasteiger charge is 2.25. The van der Waals surface area contributed by atoms with E-state index in [1.54, 1.807) is 17.0 Å². The second-order valence-corrected chi connectivity index (χ2v) is 8.22. The van der Waals surface area contributed by atoms with Crippen LogP contribution >= 0.6 is 0 Å². The first kappa shape index (κ1) is 21.2. The number of nitrogens with one attached hydrogen (secondary N) is 1. The number of esters is 1. The lowest BCUT2D eigenvalue weighted by molar-refractivity contribution is -0.144. The van der Waals surface area contributed by atoms with Crippen molar-refractivity contribution in [2.24, 2.45) is 5.92 Å². The zero-order valence-corrected chi connectivity index (χ0v) is 16.5.